The molecule has 0 fully saturated rings. The van der Waals surface area contributed by atoms with Crippen LogP contribution < -0.4 is 10.1 Å². The number of aliphatic hydroxyl groups excluding tert-OH is 1. The minimum absolute atomic E-state index is 0.0401. The van der Waals surface area contributed by atoms with E-state index in [0.29, 0.717) is 0 Å². The number of aryl methyl sites for hydroxylation is 1. The Morgan fingerprint density at radius 2 is 1.73 bits per heavy atom. The van der Waals surface area contributed by atoms with E-state index in [1.807, 2.05) is 49.4 Å². The molecule has 0 radical (unpaired) electrons. The maximum Gasteiger partial charge on any atom is 0.118 e. The van der Waals surface area contributed by atoms with Gasteiger partial charge in [-0.1, -0.05) is 42.5 Å². The minimum atomic E-state index is -0.470. The second kappa shape index (κ2) is 8.57. The molecule has 0 saturated carbocycles. The van der Waals surface area contributed by atoms with E-state index in [2.05, 4.69) is 17.4 Å². The molecule has 0 aromatic heterocycles. The van der Waals surface area contributed by atoms with Crippen molar-refractivity contribution in [2.24, 2.45) is 0 Å². The summed E-state index contributed by atoms with van der Waals surface area (Å²) >= 11 is 0. The van der Waals surface area contributed by atoms with E-state index in [-0.39, 0.29) is 6.04 Å². The third-order valence-corrected chi connectivity index (χ3v) is 3.88. The Hall–Kier alpha value is -1.84. The van der Waals surface area contributed by atoms with E-state index in [9.17, 15) is 5.11 Å². The van der Waals surface area contributed by atoms with Gasteiger partial charge in [-0.2, -0.15) is 0 Å². The normalized spacial score (nSPS) is 13.6. The van der Waals surface area contributed by atoms with Gasteiger partial charge in [-0.05, 0) is 49.6 Å². The maximum atomic E-state index is 10.3. The van der Waals surface area contributed by atoms with Crippen molar-refractivity contribution in [2.75, 3.05) is 13.7 Å². The standard InChI is InChI=1S/C19H25NO2/c1-15(19(21)17-8-4-3-5-9-17)20-14-6-7-16-10-12-18(22-2)13-11-16/h3-5,8-13,15,19-21H,6-7,14H2,1-2H3. The van der Waals surface area contributed by atoms with Crippen LogP contribution in [-0.4, -0.2) is 24.8 Å². The molecule has 2 unspecified atom stereocenters. The fraction of sp³-hybridized carbons (Fsp3) is 0.368. The number of methoxy groups -OCH3 is 1. The molecule has 0 bridgehead atoms. The van der Waals surface area contributed by atoms with Crippen LogP contribution in [0.2, 0.25) is 0 Å². The van der Waals surface area contributed by atoms with E-state index >= 15 is 0 Å². The van der Waals surface area contributed by atoms with Crippen molar-refractivity contribution < 1.29 is 9.84 Å². The number of hydrogen-bond acceptors (Lipinski definition) is 3. The molecule has 0 heterocycles. The predicted molar refractivity (Wildman–Crippen MR) is 90.2 cm³/mol. The van der Waals surface area contributed by atoms with Crippen LogP contribution in [0.4, 0.5) is 0 Å². The van der Waals surface area contributed by atoms with Gasteiger partial charge in [0.1, 0.15) is 5.75 Å². The Bertz CT molecular complexity index is 539. The number of benzene rings is 2. The summed E-state index contributed by atoms with van der Waals surface area (Å²) in [5, 5.41) is 13.7. The first-order chi connectivity index (χ1) is 10.7. The Labute approximate surface area is 133 Å². The average Bonchev–Trinajstić information content (AvgIpc) is 2.59. The average molecular weight is 299 g/mol. The van der Waals surface area contributed by atoms with E-state index in [4.69, 9.17) is 4.74 Å². The van der Waals surface area contributed by atoms with Gasteiger partial charge in [0.25, 0.3) is 0 Å². The Morgan fingerprint density at radius 3 is 2.36 bits per heavy atom. The molecule has 3 nitrogen and oxygen atoms in total. The molecule has 2 atom stereocenters. The highest BCUT2D eigenvalue weighted by atomic mass is 16.5. The lowest BCUT2D eigenvalue weighted by atomic mass is 10.0. The van der Waals surface area contributed by atoms with Gasteiger partial charge in [0.15, 0.2) is 0 Å². The second-order valence-electron chi connectivity index (χ2n) is 5.55. The molecular formula is C19H25NO2. The molecule has 2 rings (SSSR count). The molecule has 22 heavy (non-hydrogen) atoms. The number of aliphatic hydroxyl groups is 1. The summed E-state index contributed by atoms with van der Waals surface area (Å²) in [5.74, 6) is 0.890. The summed E-state index contributed by atoms with van der Waals surface area (Å²) in [6.45, 7) is 2.90. The fourth-order valence-electron chi connectivity index (χ4n) is 2.46. The monoisotopic (exact) mass is 299 g/mol. The third kappa shape index (κ3) is 4.86. The van der Waals surface area contributed by atoms with Gasteiger partial charge in [-0.25, -0.2) is 0 Å². The van der Waals surface area contributed by atoms with Crippen LogP contribution in [0.3, 0.4) is 0 Å². The van der Waals surface area contributed by atoms with E-state index in [1.54, 1.807) is 7.11 Å². The number of rotatable bonds is 8. The third-order valence-electron chi connectivity index (χ3n) is 3.88. The molecule has 0 aliphatic rings. The predicted octanol–water partition coefficient (Wildman–Crippen LogP) is 3.34. The zero-order valence-corrected chi connectivity index (χ0v) is 13.3. The van der Waals surface area contributed by atoms with Gasteiger partial charge < -0.3 is 15.2 Å². The Balaban J connectivity index is 1.71. The van der Waals surface area contributed by atoms with Crippen molar-refractivity contribution in [3.8, 4) is 5.75 Å². The highest BCUT2D eigenvalue weighted by Crippen LogP contribution is 2.16. The van der Waals surface area contributed by atoms with Crippen molar-refractivity contribution in [2.45, 2.75) is 31.9 Å². The van der Waals surface area contributed by atoms with Gasteiger partial charge in [0.2, 0.25) is 0 Å². The molecule has 2 N–H and O–H groups in total. The maximum absolute atomic E-state index is 10.3. The van der Waals surface area contributed by atoms with Crippen molar-refractivity contribution in [1.29, 1.82) is 0 Å². The van der Waals surface area contributed by atoms with E-state index in [0.717, 1.165) is 30.7 Å². The molecular weight excluding hydrogens is 274 g/mol. The summed E-state index contributed by atoms with van der Waals surface area (Å²) in [6.07, 6.45) is 1.59. The Kier molecular flexibility index (Phi) is 6.44. The van der Waals surface area contributed by atoms with Crippen LogP contribution in [0.5, 0.6) is 5.75 Å². The second-order valence-corrected chi connectivity index (χ2v) is 5.55. The zero-order chi connectivity index (χ0) is 15.8. The lowest BCUT2D eigenvalue weighted by Gasteiger charge is -2.20. The summed E-state index contributed by atoms with van der Waals surface area (Å²) in [5.41, 5.74) is 2.26. The molecule has 0 aliphatic heterocycles. The number of hydrogen-bond donors (Lipinski definition) is 2. The number of nitrogens with one attached hydrogen (secondary N) is 1. The molecule has 0 aliphatic carbocycles. The first-order valence-corrected chi connectivity index (χ1v) is 7.80. The van der Waals surface area contributed by atoms with Gasteiger partial charge in [0, 0.05) is 6.04 Å². The molecule has 118 valence electrons. The highest BCUT2D eigenvalue weighted by Gasteiger charge is 2.14. The molecule has 3 heteroatoms. The van der Waals surface area contributed by atoms with Crippen molar-refractivity contribution in [1.82, 2.24) is 5.32 Å². The SMILES string of the molecule is COc1ccc(CCCNC(C)C(O)c2ccccc2)cc1. The van der Waals surface area contributed by atoms with Crippen LogP contribution in [0, 0.1) is 0 Å². The molecule has 2 aromatic rings. The largest absolute Gasteiger partial charge is 0.497 e. The van der Waals surface area contributed by atoms with Crippen LogP contribution in [0.15, 0.2) is 54.6 Å². The van der Waals surface area contributed by atoms with Crippen LogP contribution in [-0.2, 0) is 6.42 Å². The summed E-state index contributed by atoms with van der Waals surface area (Å²) in [4.78, 5) is 0. The van der Waals surface area contributed by atoms with E-state index in [1.165, 1.54) is 5.56 Å². The lowest BCUT2D eigenvalue weighted by molar-refractivity contribution is 0.136. The summed E-state index contributed by atoms with van der Waals surface area (Å²) in [7, 11) is 1.68. The van der Waals surface area contributed by atoms with Crippen molar-refractivity contribution in [3.05, 3.63) is 65.7 Å². The van der Waals surface area contributed by atoms with Gasteiger partial charge in [-0.15, -0.1) is 0 Å². The molecule has 2 aromatic carbocycles. The van der Waals surface area contributed by atoms with E-state index < -0.39 is 6.10 Å². The fourth-order valence-corrected chi connectivity index (χ4v) is 2.46. The highest BCUT2D eigenvalue weighted by molar-refractivity contribution is 5.27. The summed E-state index contributed by atoms with van der Waals surface area (Å²) < 4.78 is 5.15. The minimum Gasteiger partial charge on any atom is -0.497 e. The zero-order valence-electron chi connectivity index (χ0n) is 13.3. The quantitative estimate of drug-likeness (QED) is 0.735. The van der Waals surface area contributed by atoms with Crippen LogP contribution in [0.1, 0.15) is 30.6 Å². The van der Waals surface area contributed by atoms with Crippen molar-refractivity contribution in [3.63, 3.8) is 0 Å². The van der Waals surface area contributed by atoms with Gasteiger partial charge in [-0.3, -0.25) is 0 Å². The molecule has 0 spiro atoms. The smallest absolute Gasteiger partial charge is 0.118 e. The topological polar surface area (TPSA) is 41.5 Å². The van der Waals surface area contributed by atoms with Crippen LogP contribution >= 0.6 is 0 Å². The Morgan fingerprint density at radius 1 is 1.05 bits per heavy atom. The molecule has 0 saturated heterocycles. The lowest BCUT2D eigenvalue weighted by Crippen LogP contribution is -2.33. The van der Waals surface area contributed by atoms with Crippen molar-refractivity contribution >= 4 is 0 Å². The summed E-state index contributed by atoms with van der Waals surface area (Å²) in [6, 6.07) is 18.0. The van der Waals surface area contributed by atoms with Crippen LogP contribution in [0.25, 0.3) is 0 Å². The first kappa shape index (κ1) is 16.5. The number of ether oxygens (including phenoxy) is 1. The first-order valence-electron chi connectivity index (χ1n) is 7.80. The van der Waals surface area contributed by atoms with Gasteiger partial charge >= 0.3 is 0 Å². The molecule has 0 amide bonds. The van der Waals surface area contributed by atoms with Gasteiger partial charge in [0.05, 0.1) is 13.2 Å².